The van der Waals surface area contributed by atoms with Gasteiger partial charge in [-0.2, -0.15) is 0 Å². The van der Waals surface area contributed by atoms with Gasteiger partial charge in [-0.05, 0) is 12.8 Å². The number of nitrogens with zero attached hydrogens (tertiary/aromatic N) is 2. The summed E-state index contributed by atoms with van der Waals surface area (Å²) in [6.45, 7) is 0. The second-order valence-electron chi connectivity index (χ2n) is 3.72. The van der Waals surface area contributed by atoms with Gasteiger partial charge in [-0.15, -0.1) is 0 Å². The normalized spacial score (nSPS) is 14.1. The monoisotopic (exact) mass is 232 g/mol. The molecule has 15 heavy (non-hydrogen) atoms. The van der Waals surface area contributed by atoms with E-state index in [1.807, 2.05) is 0 Å². The molecule has 0 amide bonds. The molecule has 0 saturated carbocycles. The highest BCUT2D eigenvalue weighted by atomic mass is 32.2. The standard InChI is InChI=1S/C9H16N2O3S/c1-11-7-10-6-8(11)9(12)4-3-5-15(2,13)14/h6-7,9,12H,3-5H2,1-2H3. The van der Waals surface area contributed by atoms with Gasteiger partial charge in [0.25, 0.3) is 0 Å². The topological polar surface area (TPSA) is 72.2 Å². The number of aryl methyl sites for hydroxylation is 1. The lowest BCUT2D eigenvalue weighted by atomic mass is 10.1. The summed E-state index contributed by atoms with van der Waals surface area (Å²) in [6.07, 6.45) is 4.65. The first-order valence-electron chi connectivity index (χ1n) is 4.72. The lowest BCUT2D eigenvalue weighted by molar-refractivity contribution is 0.158. The summed E-state index contributed by atoms with van der Waals surface area (Å²) < 4.78 is 23.5. The van der Waals surface area contributed by atoms with Gasteiger partial charge in [-0.25, -0.2) is 13.4 Å². The molecule has 1 unspecified atom stereocenters. The van der Waals surface area contributed by atoms with Gasteiger partial charge in [0.1, 0.15) is 9.84 Å². The molecule has 0 radical (unpaired) electrons. The largest absolute Gasteiger partial charge is 0.387 e. The van der Waals surface area contributed by atoms with Crippen molar-refractivity contribution in [1.82, 2.24) is 9.55 Å². The fourth-order valence-electron chi connectivity index (χ4n) is 1.38. The number of aliphatic hydroxyl groups is 1. The highest BCUT2D eigenvalue weighted by molar-refractivity contribution is 7.90. The van der Waals surface area contributed by atoms with Crippen molar-refractivity contribution in [1.29, 1.82) is 0 Å². The highest BCUT2D eigenvalue weighted by Crippen LogP contribution is 2.17. The van der Waals surface area contributed by atoms with E-state index >= 15 is 0 Å². The number of imidazole rings is 1. The van der Waals surface area contributed by atoms with Crippen LogP contribution in [0.15, 0.2) is 12.5 Å². The van der Waals surface area contributed by atoms with Crippen molar-refractivity contribution in [3.8, 4) is 0 Å². The minimum Gasteiger partial charge on any atom is -0.387 e. The van der Waals surface area contributed by atoms with Gasteiger partial charge in [-0.1, -0.05) is 0 Å². The minimum absolute atomic E-state index is 0.113. The van der Waals surface area contributed by atoms with Crippen molar-refractivity contribution in [3.63, 3.8) is 0 Å². The number of hydrogen-bond acceptors (Lipinski definition) is 4. The van der Waals surface area contributed by atoms with Crippen LogP contribution in [0.4, 0.5) is 0 Å². The Kier molecular flexibility index (Phi) is 3.87. The van der Waals surface area contributed by atoms with Gasteiger partial charge in [0.2, 0.25) is 0 Å². The highest BCUT2D eigenvalue weighted by Gasteiger charge is 2.12. The van der Waals surface area contributed by atoms with E-state index in [0.29, 0.717) is 18.5 Å². The fraction of sp³-hybridized carbons (Fsp3) is 0.667. The molecule has 0 aliphatic rings. The van der Waals surface area contributed by atoms with Crippen LogP contribution in [0, 0.1) is 0 Å². The predicted octanol–water partition coefficient (Wildman–Crippen LogP) is 0.278. The maximum absolute atomic E-state index is 10.9. The van der Waals surface area contributed by atoms with Crippen LogP contribution in [-0.2, 0) is 16.9 Å². The molecule has 6 heteroatoms. The third-order valence-electron chi connectivity index (χ3n) is 2.19. The Labute approximate surface area is 89.7 Å². The summed E-state index contributed by atoms with van der Waals surface area (Å²) in [6, 6.07) is 0. The molecule has 5 nitrogen and oxygen atoms in total. The van der Waals surface area contributed by atoms with E-state index in [1.54, 1.807) is 24.1 Å². The van der Waals surface area contributed by atoms with E-state index < -0.39 is 15.9 Å². The number of aromatic nitrogens is 2. The summed E-state index contributed by atoms with van der Waals surface area (Å²) in [5, 5.41) is 9.73. The van der Waals surface area contributed by atoms with Crippen LogP contribution in [0.5, 0.6) is 0 Å². The molecule has 1 aromatic heterocycles. The smallest absolute Gasteiger partial charge is 0.147 e. The second kappa shape index (κ2) is 4.76. The zero-order chi connectivity index (χ0) is 11.5. The Bertz CT molecular complexity index is 411. The Morgan fingerprint density at radius 1 is 1.60 bits per heavy atom. The van der Waals surface area contributed by atoms with Crippen LogP contribution < -0.4 is 0 Å². The Balaban J connectivity index is 2.44. The lowest BCUT2D eigenvalue weighted by Gasteiger charge is -2.10. The van der Waals surface area contributed by atoms with Crippen molar-refractivity contribution in [2.24, 2.45) is 7.05 Å². The molecular formula is C9H16N2O3S. The average Bonchev–Trinajstić information content (AvgIpc) is 2.48. The summed E-state index contributed by atoms with van der Waals surface area (Å²) in [5.41, 5.74) is 0.712. The fourth-order valence-corrected chi connectivity index (χ4v) is 2.07. The summed E-state index contributed by atoms with van der Waals surface area (Å²) in [7, 11) is -1.14. The molecule has 0 aliphatic carbocycles. The van der Waals surface area contributed by atoms with Gasteiger partial charge in [0.15, 0.2) is 0 Å². The van der Waals surface area contributed by atoms with Crippen molar-refractivity contribution >= 4 is 9.84 Å². The number of hydrogen-bond donors (Lipinski definition) is 1. The molecule has 1 N–H and O–H groups in total. The van der Waals surface area contributed by atoms with Crippen molar-refractivity contribution in [2.45, 2.75) is 18.9 Å². The maximum Gasteiger partial charge on any atom is 0.147 e. The van der Waals surface area contributed by atoms with Crippen molar-refractivity contribution in [2.75, 3.05) is 12.0 Å². The first-order chi connectivity index (χ1) is 6.90. The van der Waals surface area contributed by atoms with Gasteiger partial charge in [0, 0.05) is 19.1 Å². The molecule has 0 aromatic carbocycles. The first-order valence-corrected chi connectivity index (χ1v) is 6.78. The predicted molar refractivity (Wildman–Crippen MR) is 57.1 cm³/mol. The number of rotatable bonds is 5. The molecule has 0 spiro atoms. The Morgan fingerprint density at radius 3 is 2.73 bits per heavy atom. The van der Waals surface area contributed by atoms with Crippen LogP contribution in [-0.4, -0.2) is 35.1 Å². The Hall–Kier alpha value is -0.880. The van der Waals surface area contributed by atoms with Gasteiger partial charge >= 0.3 is 0 Å². The van der Waals surface area contributed by atoms with Crippen molar-refractivity contribution in [3.05, 3.63) is 18.2 Å². The maximum atomic E-state index is 10.9. The van der Waals surface area contributed by atoms with Crippen LogP contribution in [0.25, 0.3) is 0 Å². The van der Waals surface area contributed by atoms with E-state index in [-0.39, 0.29) is 5.75 Å². The van der Waals surface area contributed by atoms with E-state index in [2.05, 4.69) is 4.98 Å². The molecule has 1 atom stereocenters. The van der Waals surface area contributed by atoms with E-state index in [9.17, 15) is 13.5 Å². The van der Waals surface area contributed by atoms with Crippen LogP contribution >= 0.6 is 0 Å². The Morgan fingerprint density at radius 2 is 2.27 bits per heavy atom. The molecule has 1 heterocycles. The zero-order valence-electron chi connectivity index (χ0n) is 8.92. The van der Waals surface area contributed by atoms with E-state index in [0.717, 1.165) is 0 Å². The van der Waals surface area contributed by atoms with Crippen LogP contribution in [0.3, 0.4) is 0 Å². The van der Waals surface area contributed by atoms with Gasteiger partial charge in [0.05, 0.1) is 24.3 Å². The van der Waals surface area contributed by atoms with Crippen LogP contribution in [0.2, 0.25) is 0 Å². The summed E-state index contributed by atoms with van der Waals surface area (Å²) >= 11 is 0. The average molecular weight is 232 g/mol. The first kappa shape index (κ1) is 12.2. The molecular weight excluding hydrogens is 216 g/mol. The zero-order valence-corrected chi connectivity index (χ0v) is 9.74. The molecule has 0 fully saturated rings. The van der Waals surface area contributed by atoms with E-state index in [4.69, 9.17) is 0 Å². The summed E-state index contributed by atoms with van der Waals surface area (Å²) in [5.74, 6) is 0.113. The van der Waals surface area contributed by atoms with Crippen molar-refractivity contribution < 1.29 is 13.5 Å². The lowest BCUT2D eigenvalue weighted by Crippen LogP contribution is -2.07. The molecule has 1 aromatic rings. The minimum atomic E-state index is -2.93. The number of aliphatic hydroxyl groups excluding tert-OH is 1. The van der Waals surface area contributed by atoms with Gasteiger partial charge < -0.3 is 9.67 Å². The molecule has 86 valence electrons. The quantitative estimate of drug-likeness (QED) is 0.791. The van der Waals surface area contributed by atoms with Gasteiger partial charge in [-0.3, -0.25) is 0 Å². The second-order valence-corrected chi connectivity index (χ2v) is 5.98. The van der Waals surface area contributed by atoms with Crippen LogP contribution in [0.1, 0.15) is 24.6 Å². The molecule has 0 bridgehead atoms. The SMILES string of the molecule is Cn1cncc1C(O)CCCS(C)(=O)=O. The van der Waals surface area contributed by atoms with E-state index in [1.165, 1.54) is 6.26 Å². The third kappa shape index (κ3) is 4.01. The third-order valence-corrected chi connectivity index (χ3v) is 3.22. The summed E-state index contributed by atoms with van der Waals surface area (Å²) in [4.78, 5) is 3.88. The molecule has 0 aliphatic heterocycles. The molecule has 0 saturated heterocycles. The number of sulfone groups is 1. The molecule has 1 rings (SSSR count).